The molecule has 0 saturated heterocycles. The summed E-state index contributed by atoms with van der Waals surface area (Å²) in [5.41, 5.74) is 0.578. The highest BCUT2D eigenvalue weighted by molar-refractivity contribution is 8.05. The van der Waals surface area contributed by atoms with Gasteiger partial charge >= 0.3 is 5.30 Å². The Bertz CT molecular complexity index is 984. The number of anilines is 1. The third-order valence-corrected chi connectivity index (χ3v) is 5.55. The van der Waals surface area contributed by atoms with Gasteiger partial charge in [0.25, 0.3) is 20.0 Å². The van der Waals surface area contributed by atoms with E-state index in [1.807, 2.05) is 0 Å². The number of carbonyl (C=O) groups excluding carboxylic acids is 1. The maximum absolute atomic E-state index is 12.3. The third kappa shape index (κ3) is 4.35. The number of nitrogens with one attached hydrogen (secondary N) is 1. The van der Waals surface area contributed by atoms with E-state index in [0.717, 1.165) is 12.1 Å². The molecule has 2 aromatic carbocycles. The van der Waals surface area contributed by atoms with Crippen LogP contribution in [0.15, 0.2) is 58.3 Å². The molecule has 134 valence electrons. The molecule has 0 atom stereocenters. The van der Waals surface area contributed by atoms with Crippen LogP contribution in [0.5, 0.6) is 0 Å². The molecule has 0 aliphatic carbocycles. The summed E-state index contributed by atoms with van der Waals surface area (Å²) >= 11 is 0. The third-order valence-electron chi connectivity index (χ3n) is 3.23. The van der Waals surface area contributed by atoms with Crippen LogP contribution in [-0.2, 0) is 31.3 Å². The van der Waals surface area contributed by atoms with Crippen LogP contribution in [0.3, 0.4) is 0 Å². The Balaban J connectivity index is 2.31. The summed E-state index contributed by atoms with van der Waals surface area (Å²) in [7, 11) is -7.87. The summed E-state index contributed by atoms with van der Waals surface area (Å²) in [5, 5.41) is 0.988. The first-order valence-corrected chi connectivity index (χ1v) is 9.83. The van der Waals surface area contributed by atoms with E-state index in [4.69, 9.17) is 4.74 Å². The van der Waals surface area contributed by atoms with Gasteiger partial charge in [0.2, 0.25) is 0 Å². The Morgan fingerprint density at radius 1 is 1.08 bits per heavy atom. The highest BCUT2D eigenvalue weighted by Gasteiger charge is 2.29. The lowest BCUT2D eigenvalue weighted by molar-refractivity contribution is 0.166. The Labute approximate surface area is 145 Å². The summed E-state index contributed by atoms with van der Waals surface area (Å²) < 4.78 is 61.3. The van der Waals surface area contributed by atoms with Crippen molar-refractivity contribution in [1.29, 1.82) is 0 Å². The van der Waals surface area contributed by atoms with E-state index in [1.54, 1.807) is 30.3 Å². The van der Waals surface area contributed by atoms with Gasteiger partial charge in [0.15, 0.2) is 0 Å². The van der Waals surface area contributed by atoms with Crippen LogP contribution >= 0.6 is 0 Å². The molecule has 0 heterocycles. The molecule has 0 amide bonds. The molecule has 8 nitrogen and oxygen atoms in total. The number of ether oxygens (including phenoxy) is 1. The number of benzene rings is 2. The molecule has 25 heavy (non-hydrogen) atoms. The van der Waals surface area contributed by atoms with Crippen LogP contribution < -0.4 is 5.32 Å². The van der Waals surface area contributed by atoms with E-state index >= 15 is 0 Å². The summed E-state index contributed by atoms with van der Waals surface area (Å²) in [6.45, 7) is -0.251. The van der Waals surface area contributed by atoms with Gasteiger partial charge in [-0.25, -0.2) is 13.2 Å². The van der Waals surface area contributed by atoms with Gasteiger partial charge in [0, 0.05) is 7.05 Å². The van der Waals surface area contributed by atoms with E-state index in [2.05, 4.69) is 5.32 Å². The number of hydrogen-bond acceptors (Lipinski definition) is 7. The van der Waals surface area contributed by atoms with E-state index in [-0.39, 0.29) is 12.3 Å². The fourth-order valence-electron chi connectivity index (χ4n) is 1.98. The molecular weight excluding hydrogens is 370 g/mol. The lowest BCUT2D eigenvalue weighted by Crippen LogP contribution is -2.17. The van der Waals surface area contributed by atoms with Gasteiger partial charge in [-0.15, -0.1) is 0 Å². The Hall–Kier alpha value is -2.43. The van der Waals surface area contributed by atoms with Crippen molar-refractivity contribution in [1.82, 2.24) is 0 Å². The van der Waals surface area contributed by atoms with Crippen LogP contribution in [0.25, 0.3) is 0 Å². The average molecular weight is 385 g/mol. The molecule has 2 aromatic rings. The van der Waals surface area contributed by atoms with Gasteiger partial charge in [0.1, 0.15) is 11.5 Å². The quantitative estimate of drug-likeness (QED) is 0.592. The van der Waals surface area contributed by atoms with Crippen molar-refractivity contribution >= 4 is 30.9 Å². The predicted octanol–water partition coefficient (Wildman–Crippen LogP) is 2.09. The van der Waals surface area contributed by atoms with Gasteiger partial charge in [-0.1, -0.05) is 30.3 Å². The summed E-state index contributed by atoms with van der Waals surface area (Å²) in [6.07, 6.45) is 0. The first-order valence-electron chi connectivity index (χ1n) is 6.91. The van der Waals surface area contributed by atoms with Crippen molar-refractivity contribution in [3.8, 4) is 0 Å². The zero-order valence-corrected chi connectivity index (χ0v) is 14.7. The van der Waals surface area contributed by atoms with E-state index < -0.39 is 35.0 Å². The Morgan fingerprint density at radius 2 is 1.72 bits per heavy atom. The number of carbonyl (C=O) groups is 1. The second-order valence-electron chi connectivity index (χ2n) is 4.91. The van der Waals surface area contributed by atoms with Crippen molar-refractivity contribution in [2.45, 2.75) is 16.4 Å². The molecule has 10 heteroatoms. The Morgan fingerprint density at radius 3 is 2.28 bits per heavy atom. The molecule has 0 bridgehead atoms. The van der Waals surface area contributed by atoms with Gasteiger partial charge in [-0.05, 0) is 23.8 Å². The van der Waals surface area contributed by atoms with Gasteiger partial charge < -0.3 is 10.1 Å². The maximum Gasteiger partial charge on any atom is 0.429 e. The van der Waals surface area contributed by atoms with Crippen molar-refractivity contribution in [2.75, 3.05) is 12.4 Å². The van der Waals surface area contributed by atoms with Crippen LogP contribution in [0.4, 0.5) is 10.5 Å². The zero-order valence-electron chi connectivity index (χ0n) is 13.0. The summed E-state index contributed by atoms with van der Waals surface area (Å²) in [4.78, 5) is 10.7. The van der Waals surface area contributed by atoms with Crippen LogP contribution in [0, 0.1) is 0 Å². The molecule has 0 unspecified atom stereocenters. The maximum atomic E-state index is 12.3. The molecular formula is C15H15NO7S2. The van der Waals surface area contributed by atoms with Gasteiger partial charge in [-0.2, -0.15) is 8.42 Å². The van der Waals surface area contributed by atoms with Crippen molar-refractivity contribution < 1.29 is 30.9 Å². The van der Waals surface area contributed by atoms with Crippen LogP contribution in [0.1, 0.15) is 5.56 Å². The molecule has 2 rings (SSSR count). The van der Waals surface area contributed by atoms with Gasteiger partial charge in [-0.3, -0.25) is 4.55 Å². The van der Waals surface area contributed by atoms with Crippen molar-refractivity contribution in [3.63, 3.8) is 0 Å². The monoisotopic (exact) mass is 385 g/mol. The van der Waals surface area contributed by atoms with Crippen molar-refractivity contribution in [3.05, 3.63) is 54.1 Å². The summed E-state index contributed by atoms with van der Waals surface area (Å²) in [6, 6.07) is 11.3. The fourth-order valence-corrected chi connectivity index (χ4v) is 3.71. The Kier molecular flexibility index (Phi) is 5.45. The van der Waals surface area contributed by atoms with E-state index in [1.165, 1.54) is 7.05 Å². The lowest BCUT2D eigenvalue weighted by atomic mass is 10.2. The average Bonchev–Trinajstić information content (AvgIpc) is 2.59. The molecule has 0 fully saturated rings. The number of sulfone groups is 1. The molecule has 2 N–H and O–H groups in total. The SMILES string of the molecule is CNc1ccc(S(=O)(=O)C(=O)OCc2ccccc2)cc1S(=O)(=O)O. The smallest absolute Gasteiger partial charge is 0.429 e. The molecule has 0 spiro atoms. The fraction of sp³-hybridized carbons (Fsp3) is 0.133. The first kappa shape index (κ1) is 18.9. The lowest BCUT2D eigenvalue weighted by Gasteiger charge is -2.10. The normalized spacial score (nSPS) is 11.8. The van der Waals surface area contributed by atoms with Gasteiger partial charge in [0.05, 0.1) is 10.6 Å². The number of rotatable bonds is 5. The minimum Gasteiger partial charge on any atom is -0.449 e. The second-order valence-corrected chi connectivity index (χ2v) is 8.11. The van der Waals surface area contributed by atoms with Crippen LogP contribution in [0.2, 0.25) is 0 Å². The molecule has 0 aliphatic heterocycles. The largest absolute Gasteiger partial charge is 0.449 e. The minimum absolute atomic E-state index is 0.0147. The molecule has 0 aromatic heterocycles. The van der Waals surface area contributed by atoms with Crippen molar-refractivity contribution in [2.24, 2.45) is 0 Å². The highest BCUT2D eigenvalue weighted by atomic mass is 32.2. The van der Waals surface area contributed by atoms with E-state index in [0.29, 0.717) is 11.6 Å². The molecule has 0 radical (unpaired) electrons. The molecule has 0 aliphatic rings. The van der Waals surface area contributed by atoms with Crippen LogP contribution in [-0.4, -0.2) is 33.7 Å². The topological polar surface area (TPSA) is 127 Å². The number of hydrogen-bond donors (Lipinski definition) is 2. The molecule has 0 saturated carbocycles. The highest BCUT2D eigenvalue weighted by Crippen LogP contribution is 2.25. The summed E-state index contributed by atoms with van der Waals surface area (Å²) in [5.74, 6) is 0. The second kappa shape index (κ2) is 7.21. The minimum atomic E-state index is -4.69. The first-order chi connectivity index (χ1) is 11.7. The van der Waals surface area contributed by atoms with E-state index in [9.17, 15) is 26.2 Å². The predicted molar refractivity (Wildman–Crippen MR) is 89.6 cm³/mol. The zero-order chi connectivity index (χ0) is 18.7. The standard InChI is InChI=1S/C15H15NO7S2/c1-16-13-8-7-12(9-14(13)25(20,21)22)24(18,19)15(17)23-10-11-5-3-2-4-6-11/h2-9,16H,10H2,1H3,(H,20,21,22).